The van der Waals surface area contributed by atoms with Crippen LogP contribution in [0.3, 0.4) is 0 Å². The number of nitrogens with one attached hydrogen (secondary N) is 1. The lowest BCUT2D eigenvalue weighted by molar-refractivity contribution is -0.0643. The van der Waals surface area contributed by atoms with Crippen LogP contribution in [-0.4, -0.2) is 24.3 Å². The molecule has 2 atom stereocenters. The monoisotopic (exact) mass is 241 g/mol. The van der Waals surface area contributed by atoms with Crippen molar-refractivity contribution >= 4 is 0 Å². The van der Waals surface area contributed by atoms with Crippen LogP contribution in [0.15, 0.2) is 0 Å². The number of hydrogen-bond donors (Lipinski definition) is 1. The first kappa shape index (κ1) is 15.0. The van der Waals surface area contributed by atoms with Gasteiger partial charge in [-0.25, -0.2) is 0 Å². The molecule has 0 amide bonds. The second kappa shape index (κ2) is 7.38. The molecule has 0 aromatic rings. The Kier molecular flexibility index (Phi) is 6.50. The van der Waals surface area contributed by atoms with Gasteiger partial charge in [0.1, 0.15) is 0 Å². The normalized spacial score (nSPS) is 25.8. The Morgan fingerprint density at radius 2 is 2.00 bits per heavy atom. The fraction of sp³-hybridized carbons (Fsp3) is 1.00. The van der Waals surface area contributed by atoms with Gasteiger partial charge in [-0.15, -0.1) is 0 Å². The molecule has 0 aliphatic carbocycles. The molecule has 1 saturated heterocycles. The zero-order valence-electron chi connectivity index (χ0n) is 12.2. The Labute approximate surface area is 108 Å². The second-order valence-corrected chi connectivity index (χ2v) is 6.09. The minimum Gasteiger partial charge on any atom is -0.375 e. The summed E-state index contributed by atoms with van der Waals surface area (Å²) in [6, 6.07) is 1.38. The van der Waals surface area contributed by atoms with E-state index >= 15 is 0 Å². The summed E-state index contributed by atoms with van der Waals surface area (Å²) >= 11 is 0. The maximum absolute atomic E-state index is 5.78. The van der Waals surface area contributed by atoms with Crippen molar-refractivity contribution in [3.8, 4) is 0 Å². The molecular weight excluding hydrogens is 210 g/mol. The van der Waals surface area contributed by atoms with E-state index in [0.717, 1.165) is 19.1 Å². The minimum absolute atomic E-state index is 0.0669. The first-order valence-corrected chi connectivity index (χ1v) is 7.47. The highest BCUT2D eigenvalue weighted by molar-refractivity contribution is 4.85. The van der Waals surface area contributed by atoms with Crippen LogP contribution in [-0.2, 0) is 4.74 Å². The molecule has 1 fully saturated rings. The molecule has 1 heterocycles. The van der Waals surface area contributed by atoms with Gasteiger partial charge in [-0.3, -0.25) is 0 Å². The number of unbranched alkanes of at least 4 members (excludes halogenated alkanes) is 1. The topological polar surface area (TPSA) is 21.3 Å². The maximum atomic E-state index is 5.78. The lowest BCUT2D eigenvalue weighted by Gasteiger charge is -2.37. The zero-order valence-corrected chi connectivity index (χ0v) is 12.2. The van der Waals surface area contributed by atoms with E-state index < -0.39 is 0 Å². The van der Waals surface area contributed by atoms with E-state index in [1.165, 1.54) is 38.5 Å². The van der Waals surface area contributed by atoms with Crippen molar-refractivity contribution in [3.63, 3.8) is 0 Å². The summed E-state index contributed by atoms with van der Waals surface area (Å²) in [6.45, 7) is 9.90. The third-order valence-corrected chi connectivity index (χ3v) is 3.71. The van der Waals surface area contributed by atoms with Crippen molar-refractivity contribution in [1.29, 1.82) is 0 Å². The van der Waals surface area contributed by atoms with Crippen molar-refractivity contribution in [2.45, 2.75) is 90.3 Å². The van der Waals surface area contributed by atoms with Crippen LogP contribution in [0.25, 0.3) is 0 Å². The predicted molar refractivity (Wildman–Crippen MR) is 74.4 cm³/mol. The average molecular weight is 241 g/mol. The second-order valence-electron chi connectivity index (χ2n) is 6.09. The van der Waals surface area contributed by atoms with Gasteiger partial charge in [-0.1, -0.05) is 33.1 Å². The minimum atomic E-state index is 0.0669. The van der Waals surface area contributed by atoms with Crippen LogP contribution >= 0.6 is 0 Å². The van der Waals surface area contributed by atoms with Gasteiger partial charge in [0.2, 0.25) is 0 Å². The van der Waals surface area contributed by atoms with E-state index in [-0.39, 0.29) is 5.60 Å². The highest BCUT2D eigenvalue weighted by Gasteiger charge is 2.29. The van der Waals surface area contributed by atoms with Crippen LogP contribution in [0.4, 0.5) is 0 Å². The molecule has 0 aromatic carbocycles. The van der Waals surface area contributed by atoms with Crippen LogP contribution in [0, 0.1) is 0 Å². The molecule has 1 aliphatic rings. The first-order valence-electron chi connectivity index (χ1n) is 7.47. The summed E-state index contributed by atoms with van der Waals surface area (Å²) in [5.74, 6) is 0. The largest absolute Gasteiger partial charge is 0.375 e. The van der Waals surface area contributed by atoms with Crippen molar-refractivity contribution in [1.82, 2.24) is 5.32 Å². The molecule has 1 N–H and O–H groups in total. The van der Waals surface area contributed by atoms with E-state index in [1.807, 2.05) is 0 Å². The molecule has 0 aromatic heterocycles. The maximum Gasteiger partial charge on any atom is 0.0641 e. The molecule has 2 heteroatoms. The molecule has 17 heavy (non-hydrogen) atoms. The third kappa shape index (κ3) is 5.87. The lowest BCUT2D eigenvalue weighted by Crippen LogP contribution is -2.47. The Morgan fingerprint density at radius 1 is 1.24 bits per heavy atom. The fourth-order valence-corrected chi connectivity index (χ4v) is 2.82. The lowest BCUT2D eigenvalue weighted by atomic mass is 9.92. The summed E-state index contributed by atoms with van der Waals surface area (Å²) < 4.78 is 5.78. The van der Waals surface area contributed by atoms with Crippen LogP contribution < -0.4 is 5.32 Å². The van der Waals surface area contributed by atoms with Crippen molar-refractivity contribution in [2.24, 2.45) is 0 Å². The number of ether oxygens (including phenoxy) is 1. The molecule has 2 unspecified atom stereocenters. The van der Waals surface area contributed by atoms with Crippen LogP contribution in [0.2, 0.25) is 0 Å². The number of rotatable bonds is 7. The summed E-state index contributed by atoms with van der Waals surface area (Å²) in [4.78, 5) is 0. The van der Waals surface area contributed by atoms with Gasteiger partial charge in [0.05, 0.1) is 5.60 Å². The average Bonchev–Trinajstić information content (AvgIpc) is 2.25. The molecule has 102 valence electrons. The van der Waals surface area contributed by atoms with E-state index in [0.29, 0.717) is 6.04 Å². The van der Waals surface area contributed by atoms with Gasteiger partial charge >= 0.3 is 0 Å². The van der Waals surface area contributed by atoms with Crippen LogP contribution in [0.1, 0.15) is 72.6 Å². The van der Waals surface area contributed by atoms with Crippen molar-refractivity contribution in [2.75, 3.05) is 6.61 Å². The van der Waals surface area contributed by atoms with E-state index in [4.69, 9.17) is 4.74 Å². The van der Waals surface area contributed by atoms with Crippen molar-refractivity contribution < 1.29 is 4.74 Å². The Morgan fingerprint density at radius 3 is 2.59 bits per heavy atom. The van der Waals surface area contributed by atoms with Crippen molar-refractivity contribution in [3.05, 3.63) is 0 Å². The third-order valence-electron chi connectivity index (χ3n) is 3.71. The Hall–Kier alpha value is -0.0800. The van der Waals surface area contributed by atoms with Gasteiger partial charge in [0, 0.05) is 18.7 Å². The van der Waals surface area contributed by atoms with Gasteiger partial charge in [-0.05, 0) is 39.5 Å². The summed E-state index contributed by atoms with van der Waals surface area (Å²) in [6.07, 6.45) is 8.93. The molecule has 0 bridgehead atoms. The quantitative estimate of drug-likeness (QED) is 0.730. The van der Waals surface area contributed by atoms with Gasteiger partial charge in [-0.2, -0.15) is 0 Å². The summed E-state index contributed by atoms with van der Waals surface area (Å²) in [5, 5.41) is 3.87. The standard InChI is InChI=1S/C15H31NO/c1-5-7-9-13(8-6-2)16-14-10-11-17-15(3,4)12-14/h13-14,16H,5-12H2,1-4H3. The van der Waals surface area contributed by atoms with E-state index in [2.05, 4.69) is 33.0 Å². The van der Waals surface area contributed by atoms with Gasteiger partial charge < -0.3 is 10.1 Å². The summed E-state index contributed by atoms with van der Waals surface area (Å²) in [5.41, 5.74) is 0.0669. The predicted octanol–water partition coefficient (Wildman–Crippen LogP) is 3.89. The van der Waals surface area contributed by atoms with Gasteiger partial charge in [0.15, 0.2) is 0 Å². The van der Waals surface area contributed by atoms with E-state index in [9.17, 15) is 0 Å². The molecule has 1 aliphatic heterocycles. The SMILES string of the molecule is CCCCC(CCC)NC1CCOC(C)(C)C1. The molecule has 0 saturated carbocycles. The number of hydrogen-bond acceptors (Lipinski definition) is 2. The smallest absolute Gasteiger partial charge is 0.0641 e. The molecule has 1 rings (SSSR count). The highest BCUT2D eigenvalue weighted by Crippen LogP contribution is 2.25. The van der Waals surface area contributed by atoms with E-state index in [1.54, 1.807) is 0 Å². The summed E-state index contributed by atoms with van der Waals surface area (Å²) in [7, 11) is 0. The first-order chi connectivity index (χ1) is 8.07. The van der Waals surface area contributed by atoms with Crippen LogP contribution in [0.5, 0.6) is 0 Å². The zero-order chi connectivity index (χ0) is 12.7. The molecule has 0 radical (unpaired) electrons. The Balaban J connectivity index is 2.37. The van der Waals surface area contributed by atoms with Gasteiger partial charge in [0.25, 0.3) is 0 Å². The highest BCUT2D eigenvalue weighted by atomic mass is 16.5. The molecule has 0 spiro atoms. The fourth-order valence-electron chi connectivity index (χ4n) is 2.82. The Bertz CT molecular complexity index is 203. The molecule has 2 nitrogen and oxygen atoms in total. The molecular formula is C15H31NO.